The van der Waals surface area contributed by atoms with Gasteiger partial charge in [-0.05, 0) is 26.0 Å². The fraction of sp³-hybridized carbons (Fsp3) is 0.467. The van der Waals surface area contributed by atoms with E-state index in [1.165, 1.54) is 5.56 Å². The lowest BCUT2D eigenvalue weighted by molar-refractivity contribution is -0.128. The number of benzene rings is 1. The molecular weight excluding hydrogens is 270 g/mol. The number of thiocarbonyl (C=S) groups is 1. The van der Waals surface area contributed by atoms with Gasteiger partial charge in [0.1, 0.15) is 0 Å². The minimum atomic E-state index is 0.0728. The van der Waals surface area contributed by atoms with Crippen molar-refractivity contribution in [2.24, 2.45) is 5.73 Å². The highest BCUT2D eigenvalue weighted by Gasteiger charge is 2.13. The minimum Gasteiger partial charge on any atom is -0.393 e. The van der Waals surface area contributed by atoms with E-state index in [9.17, 15) is 4.79 Å². The minimum absolute atomic E-state index is 0.0728. The van der Waals surface area contributed by atoms with Crippen molar-refractivity contribution in [3.05, 3.63) is 29.8 Å². The number of hydrogen-bond donors (Lipinski definition) is 1. The Balaban J connectivity index is 2.61. The van der Waals surface area contributed by atoms with Gasteiger partial charge < -0.3 is 15.5 Å². The van der Waals surface area contributed by atoms with E-state index in [4.69, 9.17) is 18.0 Å². The molecule has 5 heteroatoms. The van der Waals surface area contributed by atoms with Gasteiger partial charge in [0.05, 0.1) is 11.5 Å². The molecule has 0 aliphatic heterocycles. The maximum atomic E-state index is 12.2. The van der Waals surface area contributed by atoms with Crippen LogP contribution in [0.2, 0.25) is 0 Å². The van der Waals surface area contributed by atoms with E-state index >= 15 is 0 Å². The second-order valence-electron chi connectivity index (χ2n) is 4.88. The first-order chi connectivity index (χ1) is 9.43. The summed E-state index contributed by atoms with van der Waals surface area (Å²) in [6.45, 7) is 5.82. The molecule has 1 amide bonds. The Kier molecular flexibility index (Phi) is 6.45. The fourth-order valence-electron chi connectivity index (χ4n) is 1.83. The second kappa shape index (κ2) is 7.85. The summed E-state index contributed by atoms with van der Waals surface area (Å²) in [5.41, 5.74) is 7.73. The lowest BCUT2D eigenvalue weighted by atomic mass is 10.2. The highest BCUT2D eigenvalue weighted by atomic mass is 32.1. The van der Waals surface area contributed by atoms with Crippen LogP contribution < -0.4 is 10.6 Å². The summed E-state index contributed by atoms with van der Waals surface area (Å²) in [4.78, 5) is 16.3. The van der Waals surface area contributed by atoms with Crippen LogP contribution >= 0.6 is 12.2 Å². The van der Waals surface area contributed by atoms with Crippen molar-refractivity contribution >= 4 is 28.8 Å². The molecule has 0 aliphatic rings. The number of amides is 1. The van der Waals surface area contributed by atoms with Crippen LogP contribution in [0.4, 0.5) is 5.69 Å². The van der Waals surface area contributed by atoms with Gasteiger partial charge in [0.2, 0.25) is 5.91 Å². The van der Waals surface area contributed by atoms with E-state index in [-0.39, 0.29) is 5.91 Å². The third-order valence-corrected chi connectivity index (χ3v) is 3.43. The van der Waals surface area contributed by atoms with Gasteiger partial charge in [0.25, 0.3) is 0 Å². The molecule has 110 valence electrons. The van der Waals surface area contributed by atoms with Crippen molar-refractivity contribution < 1.29 is 4.79 Å². The van der Waals surface area contributed by atoms with Crippen molar-refractivity contribution in [1.82, 2.24) is 4.90 Å². The van der Waals surface area contributed by atoms with Gasteiger partial charge in [0, 0.05) is 32.2 Å². The number of carbonyl (C=O) groups is 1. The largest absolute Gasteiger partial charge is 0.393 e. The number of likely N-dealkylation sites (N-methyl/N-ethyl adjacent to an activating group) is 2. The van der Waals surface area contributed by atoms with Gasteiger partial charge in [0.15, 0.2) is 0 Å². The van der Waals surface area contributed by atoms with Crippen molar-refractivity contribution in [2.45, 2.75) is 20.3 Å². The molecule has 20 heavy (non-hydrogen) atoms. The molecule has 0 unspecified atom stereocenters. The number of nitrogens with two attached hydrogens (primary N) is 1. The molecule has 0 spiro atoms. The van der Waals surface area contributed by atoms with Gasteiger partial charge in [-0.25, -0.2) is 0 Å². The Bertz CT molecular complexity index is 459. The van der Waals surface area contributed by atoms with Crippen molar-refractivity contribution in [2.75, 3.05) is 31.6 Å². The Hall–Kier alpha value is -1.62. The summed E-state index contributed by atoms with van der Waals surface area (Å²) in [6, 6.07) is 8.19. The van der Waals surface area contributed by atoms with Crippen molar-refractivity contribution in [3.63, 3.8) is 0 Å². The van der Waals surface area contributed by atoms with Crippen LogP contribution in [0.25, 0.3) is 0 Å². The molecule has 0 radical (unpaired) electrons. The number of hydrogen-bond acceptors (Lipinski definition) is 3. The number of aryl methyl sites for hydroxylation is 1. The highest BCUT2D eigenvalue weighted by molar-refractivity contribution is 7.80. The first kappa shape index (κ1) is 16.4. The maximum Gasteiger partial charge on any atom is 0.241 e. The summed E-state index contributed by atoms with van der Waals surface area (Å²) in [5.74, 6) is 0.0728. The highest BCUT2D eigenvalue weighted by Crippen LogP contribution is 2.14. The Labute approximate surface area is 126 Å². The summed E-state index contributed by atoms with van der Waals surface area (Å²) >= 11 is 4.83. The third kappa shape index (κ3) is 5.17. The van der Waals surface area contributed by atoms with E-state index in [0.717, 1.165) is 12.2 Å². The Morgan fingerprint density at radius 3 is 2.40 bits per heavy atom. The van der Waals surface area contributed by atoms with Crippen LogP contribution in [0.1, 0.15) is 18.9 Å². The summed E-state index contributed by atoms with van der Waals surface area (Å²) < 4.78 is 0. The van der Waals surface area contributed by atoms with Crippen LogP contribution in [0.15, 0.2) is 24.3 Å². The van der Waals surface area contributed by atoms with E-state index in [2.05, 4.69) is 24.0 Å². The summed E-state index contributed by atoms with van der Waals surface area (Å²) in [5, 5.41) is 0. The van der Waals surface area contributed by atoms with Gasteiger partial charge in [-0.1, -0.05) is 29.9 Å². The Morgan fingerprint density at radius 2 is 1.90 bits per heavy atom. The SMILES string of the molecule is CCN(CC(=O)N(C)CCC(N)=S)c1ccc(C)cc1. The molecule has 1 aromatic rings. The molecule has 0 atom stereocenters. The molecular formula is C15H23N3OS. The Morgan fingerprint density at radius 1 is 1.30 bits per heavy atom. The molecule has 0 saturated heterocycles. The second-order valence-corrected chi connectivity index (χ2v) is 5.41. The van der Waals surface area contributed by atoms with E-state index in [1.807, 2.05) is 19.1 Å². The van der Waals surface area contributed by atoms with Gasteiger partial charge in [-0.15, -0.1) is 0 Å². The maximum absolute atomic E-state index is 12.2. The topological polar surface area (TPSA) is 49.6 Å². The predicted molar refractivity (Wildman–Crippen MR) is 88.1 cm³/mol. The summed E-state index contributed by atoms with van der Waals surface area (Å²) in [6.07, 6.45) is 0.564. The van der Waals surface area contributed by atoms with E-state index in [0.29, 0.717) is 24.5 Å². The lowest BCUT2D eigenvalue weighted by Crippen LogP contribution is -2.39. The van der Waals surface area contributed by atoms with Crippen molar-refractivity contribution in [3.8, 4) is 0 Å². The molecule has 0 aromatic heterocycles. The number of carbonyl (C=O) groups excluding carboxylic acids is 1. The van der Waals surface area contributed by atoms with Gasteiger partial charge in [-0.3, -0.25) is 4.79 Å². The monoisotopic (exact) mass is 293 g/mol. The molecule has 0 saturated carbocycles. The van der Waals surface area contributed by atoms with Crippen LogP contribution in [0.3, 0.4) is 0 Å². The molecule has 0 fully saturated rings. The van der Waals surface area contributed by atoms with Crippen LogP contribution in [0, 0.1) is 6.92 Å². The third-order valence-electron chi connectivity index (χ3n) is 3.23. The van der Waals surface area contributed by atoms with Crippen LogP contribution in [-0.2, 0) is 4.79 Å². The van der Waals surface area contributed by atoms with Gasteiger partial charge in [-0.2, -0.15) is 0 Å². The molecule has 0 heterocycles. The summed E-state index contributed by atoms with van der Waals surface area (Å²) in [7, 11) is 1.78. The lowest BCUT2D eigenvalue weighted by Gasteiger charge is -2.26. The number of anilines is 1. The van der Waals surface area contributed by atoms with E-state index < -0.39 is 0 Å². The quantitative estimate of drug-likeness (QED) is 0.781. The van der Waals surface area contributed by atoms with Crippen molar-refractivity contribution in [1.29, 1.82) is 0 Å². The average molecular weight is 293 g/mol. The smallest absolute Gasteiger partial charge is 0.241 e. The molecule has 0 aliphatic carbocycles. The molecule has 4 nitrogen and oxygen atoms in total. The van der Waals surface area contributed by atoms with Crippen LogP contribution in [0.5, 0.6) is 0 Å². The normalized spacial score (nSPS) is 10.2. The predicted octanol–water partition coefficient (Wildman–Crippen LogP) is 1.96. The average Bonchev–Trinajstić information content (AvgIpc) is 2.42. The number of nitrogens with zero attached hydrogens (tertiary/aromatic N) is 2. The molecule has 2 N–H and O–H groups in total. The first-order valence-corrected chi connectivity index (χ1v) is 7.18. The van der Waals surface area contributed by atoms with Gasteiger partial charge >= 0.3 is 0 Å². The van der Waals surface area contributed by atoms with E-state index in [1.54, 1.807) is 11.9 Å². The molecule has 1 rings (SSSR count). The molecule has 1 aromatic carbocycles. The zero-order valence-corrected chi connectivity index (χ0v) is 13.2. The zero-order valence-electron chi connectivity index (χ0n) is 12.4. The first-order valence-electron chi connectivity index (χ1n) is 6.78. The number of rotatable bonds is 7. The molecule has 0 bridgehead atoms. The zero-order chi connectivity index (χ0) is 15.1. The fourth-order valence-corrected chi connectivity index (χ4v) is 1.92. The van der Waals surface area contributed by atoms with Crippen LogP contribution in [-0.4, -0.2) is 42.5 Å². The standard InChI is InChI=1S/C15H23N3OS/c1-4-18(13-7-5-12(2)6-8-13)11-15(19)17(3)10-9-14(16)20/h5-8H,4,9-11H2,1-3H3,(H2,16,20).